The van der Waals surface area contributed by atoms with E-state index in [0.29, 0.717) is 32.4 Å². The molecule has 0 atom stereocenters. The number of imidazole rings is 1. The molecule has 0 N–H and O–H groups in total. The van der Waals surface area contributed by atoms with E-state index < -0.39 is 19.7 Å². The van der Waals surface area contributed by atoms with Gasteiger partial charge in [0.1, 0.15) is 0 Å². The minimum Gasteiger partial charge on any atom is -0.465 e. The molecule has 0 aliphatic rings. The molecule has 32 heavy (non-hydrogen) atoms. The third-order valence-electron chi connectivity index (χ3n) is 4.77. The van der Waals surface area contributed by atoms with Crippen molar-refractivity contribution in [3.8, 4) is 11.3 Å². The Morgan fingerprint density at radius 1 is 1.12 bits per heavy atom. The summed E-state index contributed by atoms with van der Waals surface area (Å²) in [6.07, 6.45) is 1.05. The van der Waals surface area contributed by atoms with E-state index in [1.54, 1.807) is 49.6 Å². The molecule has 0 unspecified atom stereocenters. The van der Waals surface area contributed by atoms with Crippen LogP contribution in [0.5, 0.6) is 0 Å². The predicted octanol–water partition coefficient (Wildman–Crippen LogP) is 4.95. The highest BCUT2D eigenvalue weighted by Crippen LogP contribution is 2.53. The normalized spacial score (nSPS) is 11.5. The van der Waals surface area contributed by atoms with Crippen molar-refractivity contribution in [1.82, 2.24) is 9.13 Å². The van der Waals surface area contributed by atoms with Gasteiger partial charge >= 0.3 is 19.3 Å². The van der Waals surface area contributed by atoms with E-state index in [1.165, 1.54) is 22.3 Å². The molecule has 0 aliphatic heterocycles. The van der Waals surface area contributed by atoms with E-state index in [0.717, 1.165) is 0 Å². The summed E-state index contributed by atoms with van der Waals surface area (Å²) >= 11 is 3.27. The number of benzene rings is 2. The molecule has 2 aromatic carbocycles. The molecular weight excluding hydrogens is 513 g/mol. The van der Waals surface area contributed by atoms with Crippen LogP contribution in [0, 0.1) is 0 Å². The lowest BCUT2D eigenvalue weighted by atomic mass is 10.1. The van der Waals surface area contributed by atoms with Crippen LogP contribution in [-0.2, 0) is 38.5 Å². The Bertz CT molecular complexity index is 1230. The molecule has 3 aromatic rings. The summed E-state index contributed by atoms with van der Waals surface area (Å²) in [6.45, 7) is 0.184. The molecule has 0 saturated carbocycles. The number of aromatic nitrogens is 2. The second kappa shape index (κ2) is 9.91. The molecule has 0 spiro atoms. The Kier molecular flexibility index (Phi) is 7.45. The first-order valence-electron chi connectivity index (χ1n) is 9.13. The molecule has 0 fully saturated rings. The Morgan fingerprint density at radius 3 is 2.34 bits per heavy atom. The van der Waals surface area contributed by atoms with Gasteiger partial charge in [0.25, 0.3) is 0 Å². The smallest absolute Gasteiger partial charge is 0.399 e. The van der Waals surface area contributed by atoms with Gasteiger partial charge in [-0.25, -0.2) is 9.59 Å². The second-order valence-electron chi connectivity index (χ2n) is 6.90. The summed E-state index contributed by atoms with van der Waals surface area (Å²) in [7, 11) is -1.62. The lowest BCUT2D eigenvalue weighted by molar-refractivity contribution is -0.0881. The first kappa shape index (κ1) is 24.1. The van der Waals surface area contributed by atoms with E-state index in [4.69, 9.17) is 4.74 Å². The Balaban J connectivity index is 1.92. The summed E-state index contributed by atoms with van der Waals surface area (Å²) < 4.78 is 50.8. The number of ether oxygens (including phenoxy) is 1. The molecule has 8 nitrogen and oxygen atoms in total. The maximum Gasteiger partial charge on any atom is 0.399 e. The lowest BCUT2D eigenvalue weighted by Crippen LogP contribution is -2.23. The molecule has 170 valence electrons. The number of esters is 1. The van der Waals surface area contributed by atoms with Gasteiger partial charge in [-0.1, -0.05) is 40.2 Å². The summed E-state index contributed by atoms with van der Waals surface area (Å²) in [4.78, 5) is 24.3. The fraction of sp³-hybridized carbons (Fsp3) is 0.200. The maximum atomic E-state index is 12.7. The van der Waals surface area contributed by atoms with Crippen molar-refractivity contribution in [3.63, 3.8) is 0 Å². The number of carbonyl (C=O) groups excluding carboxylic acids is 1. The molecule has 0 aliphatic carbocycles. The van der Waals surface area contributed by atoms with Crippen LogP contribution >= 0.6 is 23.5 Å². The number of hydrogen-bond donors (Lipinski definition) is 0. The minimum absolute atomic E-state index is 0.184. The van der Waals surface area contributed by atoms with Gasteiger partial charge in [0, 0.05) is 17.7 Å². The number of halogens is 3. The number of methoxy groups -OCH3 is 1. The second-order valence-corrected chi connectivity index (χ2v) is 9.56. The van der Waals surface area contributed by atoms with E-state index in [1.807, 2.05) is 0 Å². The van der Waals surface area contributed by atoms with Crippen LogP contribution in [-0.4, -0.2) is 22.2 Å². The quantitative estimate of drug-likeness (QED) is 0.302. The molecule has 12 heteroatoms. The van der Waals surface area contributed by atoms with E-state index in [9.17, 15) is 23.2 Å². The summed E-state index contributed by atoms with van der Waals surface area (Å²) in [5, 5.41) is 0. The van der Waals surface area contributed by atoms with Crippen LogP contribution in [0.15, 0.2) is 57.9 Å². The maximum absolute atomic E-state index is 12.7. The van der Waals surface area contributed by atoms with Gasteiger partial charge in [0.05, 0.1) is 31.1 Å². The minimum atomic E-state index is -4.53. The first-order valence-corrected chi connectivity index (χ1v) is 11.7. The van der Waals surface area contributed by atoms with Gasteiger partial charge in [0.2, 0.25) is 0 Å². The number of aryl methyl sites for hydroxylation is 1. The number of carbonyl (C=O) groups is 1. The van der Waals surface area contributed by atoms with Crippen LogP contribution < -0.4 is 5.69 Å². The highest BCUT2D eigenvalue weighted by Gasteiger charge is 2.29. The van der Waals surface area contributed by atoms with E-state index in [2.05, 4.69) is 25.4 Å². The van der Waals surface area contributed by atoms with Crippen LogP contribution in [0.3, 0.4) is 0 Å². The van der Waals surface area contributed by atoms with Crippen molar-refractivity contribution in [1.29, 1.82) is 0 Å². The van der Waals surface area contributed by atoms with Crippen LogP contribution in [0.2, 0.25) is 0 Å². The van der Waals surface area contributed by atoms with Crippen molar-refractivity contribution in [2.75, 3.05) is 7.11 Å². The van der Waals surface area contributed by atoms with Gasteiger partial charge in [-0.3, -0.25) is 9.13 Å². The van der Waals surface area contributed by atoms with Crippen molar-refractivity contribution in [2.24, 2.45) is 7.05 Å². The van der Waals surface area contributed by atoms with Crippen molar-refractivity contribution < 1.29 is 32.6 Å². The highest BCUT2D eigenvalue weighted by atomic mass is 79.9. The molecule has 0 saturated heterocycles. The zero-order chi connectivity index (χ0) is 23.5. The third-order valence-corrected chi connectivity index (χ3v) is 6.66. The number of rotatable bonds is 8. The highest BCUT2D eigenvalue weighted by molar-refractivity contribution is 9.10. The summed E-state index contributed by atoms with van der Waals surface area (Å²) in [5.41, 5.74) is 2.44. The summed E-state index contributed by atoms with van der Waals surface area (Å²) in [5.74, 6) is -0.465. The molecule has 0 amide bonds. The van der Waals surface area contributed by atoms with Crippen molar-refractivity contribution >= 4 is 29.5 Å². The predicted molar refractivity (Wildman–Crippen MR) is 115 cm³/mol. The zero-order valence-corrected chi connectivity index (χ0v) is 19.4. The van der Waals surface area contributed by atoms with Crippen LogP contribution in [0.1, 0.15) is 21.5 Å². The van der Waals surface area contributed by atoms with Crippen LogP contribution in [0.25, 0.3) is 11.3 Å². The molecule has 1 aromatic heterocycles. The largest absolute Gasteiger partial charge is 0.465 e. The van der Waals surface area contributed by atoms with Gasteiger partial charge in [-0.2, -0.15) is 0 Å². The standard InChI is InChI=1S/C20H18BrF2N2O6P/c1-24-11-18(14-5-7-15(8-6-14)19(26)29-2)25(20(24)27)10-13-3-4-16(17(21)9-13)12-32(28,30-22)31-23/h3-9,11H,10,12H2,1-2H3. The monoisotopic (exact) mass is 530 g/mol. The summed E-state index contributed by atoms with van der Waals surface area (Å²) in [6, 6.07) is 11.4. The van der Waals surface area contributed by atoms with Gasteiger partial charge in [-0.15, -0.1) is 9.46 Å². The number of hydrogen-bond acceptors (Lipinski definition) is 6. The molecule has 0 bridgehead atoms. The molecule has 0 radical (unpaired) electrons. The zero-order valence-electron chi connectivity index (χ0n) is 17.0. The average molecular weight is 531 g/mol. The Morgan fingerprint density at radius 2 is 1.78 bits per heavy atom. The average Bonchev–Trinajstić information content (AvgIpc) is 3.08. The van der Waals surface area contributed by atoms with Gasteiger partial charge in [-0.05, 0) is 43.9 Å². The molecular formula is C20H18BrF2N2O6P. The first-order chi connectivity index (χ1) is 15.2. The number of nitrogens with zero attached hydrogens (tertiary/aromatic N) is 2. The van der Waals surface area contributed by atoms with E-state index in [-0.39, 0.29) is 12.2 Å². The van der Waals surface area contributed by atoms with Crippen molar-refractivity contribution in [3.05, 3.63) is 80.3 Å². The van der Waals surface area contributed by atoms with Gasteiger partial charge < -0.3 is 9.30 Å². The Labute approximate surface area is 189 Å². The molecule has 1 heterocycles. The third kappa shape index (κ3) is 5.07. The fourth-order valence-electron chi connectivity index (χ4n) is 3.15. The molecule has 3 rings (SSSR count). The van der Waals surface area contributed by atoms with E-state index >= 15 is 0 Å². The SMILES string of the molecule is COC(=O)c1ccc(-c2cn(C)c(=O)n2Cc2ccc(CP(=O)(OF)OF)c(Br)c2)cc1. The van der Waals surface area contributed by atoms with Crippen molar-refractivity contribution in [2.45, 2.75) is 12.7 Å². The topological polar surface area (TPSA) is 88.8 Å². The fourth-order valence-corrected chi connectivity index (χ4v) is 4.74. The Hall–Kier alpha value is -2.59. The van der Waals surface area contributed by atoms with Crippen LogP contribution in [0.4, 0.5) is 9.05 Å². The van der Waals surface area contributed by atoms with Gasteiger partial charge in [0.15, 0.2) is 0 Å². The lowest BCUT2D eigenvalue weighted by Gasteiger charge is -2.12.